The van der Waals surface area contributed by atoms with Crippen LogP contribution in [0, 0.1) is 11.8 Å². The SMILES string of the molecule is CC1CC(C)CN(C(=O)C(=O)NCc2cccnc2)C1. The molecule has 1 fully saturated rings. The molecule has 5 nitrogen and oxygen atoms in total. The average Bonchev–Trinajstić information content (AvgIpc) is 2.44. The molecule has 2 heterocycles. The smallest absolute Gasteiger partial charge is 0.311 e. The van der Waals surface area contributed by atoms with Crippen molar-refractivity contribution >= 4 is 11.8 Å². The molecule has 0 saturated carbocycles. The molecule has 1 N–H and O–H groups in total. The lowest BCUT2D eigenvalue weighted by molar-refractivity contribution is -0.147. The van der Waals surface area contributed by atoms with E-state index in [9.17, 15) is 9.59 Å². The Kier molecular flexibility index (Phi) is 4.71. The van der Waals surface area contributed by atoms with Crippen molar-refractivity contribution in [1.82, 2.24) is 15.2 Å². The van der Waals surface area contributed by atoms with Gasteiger partial charge in [-0.05, 0) is 29.9 Å². The normalized spacial score (nSPS) is 22.4. The molecule has 2 amide bonds. The third kappa shape index (κ3) is 3.79. The van der Waals surface area contributed by atoms with Gasteiger partial charge in [0.25, 0.3) is 0 Å². The quantitative estimate of drug-likeness (QED) is 0.825. The summed E-state index contributed by atoms with van der Waals surface area (Å²) in [5.41, 5.74) is 0.883. The standard InChI is InChI=1S/C15H21N3O2/c1-11-6-12(2)10-18(9-11)15(20)14(19)17-8-13-4-3-5-16-7-13/h3-5,7,11-12H,6,8-10H2,1-2H3,(H,17,19). The topological polar surface area (TPSA) is 62.3 Å². The van der Waals surface area contributed by atoms with E-state index in [1.165, 1.54) is 0 Å². The first-order chi connectivity index (χ1) is 9.56. The lowest BCUT2D eigenvalue weighted by Gasteiger charge is -2.34. The summed E-state index contributed by atoms with van der Waals surface area (Å²) < 4.78 is 0. The van der Waals surface area contributed by atoms with Crippen molar-refractivity contribution in [2.24, 2.45) is 11.8 Å². The summed E-state index contributed by atoms with van der Waals surface area (Å²) in [6.07, 6.45) is 4.46. The number of carbonyl (C=O) groups is 2. The molecule has 2 rings (SSSR count). The van der Waals surface area contributed by atoms with E-state index >= 15 is 0 Å². The number of pyridine rings is 1. The van der Waals surface area contributed by atoms with Crippen molar-refractivity contribution in [2.75, 3.05) is 13.1 Å². The van der Waals surface area contributed by atoms with Gasteiger partial charge in [0, 0.05) is 32.0 Å². The number of nitrogens with zero attached hydrogens (tertiary/aromatic N) is 2. The lowest BCUT2D eigenvalue weighted by atomic mass is 9.92. The summed E-state index contributed by atoms with van der Waals surface area (Å²) in [6, 6.07) is 3.67. The fourth-order valence-electron chi connectivity index (χ4n) is 2.73. The van der Waals surface area contributed by atoms with Gasteiger partial charge in [-0.25, -0.2) is 0 Å². The number of nitrogens with one attached hydrogen (secondary N) is 1. The van der Waals surface area contributed by atoms with Crippen molar-refractivity contribution in [1.29, 1.82) is 0 Å². The molecule has 1 saturated heterocycles. The highest BCUT2D eigenvalue weighted by molar-refractivity contribution is 6.34. The second-order valence-corrected chi connectivity index (χ2v) is 5.70. The fraction of sp³-hybridized carbons (Fsp3) is 0.533. The van der Waals surface area contributed by atoms with Crippen molar-refractivity contribution < 1.29 is 9.59 Å². The van der Waals surface area contributed by atoms with Crippen LogP contribution in [0.5, 0.6) is 0 Å². The Morgan fingerprint density at radius 2 is 2.05 bits per heavy atom. The van der Waals surface area contributed by atoms with Crippen LogP contribution in [-0.2, 0) is 16.1 Å². The van der Waals surface area contributed by atoms with E-state index in [2.05, 4.69) is 24.1 Å². The number of piperidine rings is 1. The van der Waals surface area contributed by atoms with Crippen LogP contribution in [0.4, 0.5) is 0 Å². The van der Waals surface area contributed by atoms with E-state index < -0.39 is 11.8 Å². The number of carbonyl (C=O) groups excluding carboxylic acids is 2. The van der Waals surface area contributed by atoms with Gasteiger partial charge in [0.2, 0.25) is 0 Å². The summed E-state index contributed by atoms with van der Waals surface area (Å²) in [4.78, 5) is 29.6. The Morgan fingerprint density at radius 1 is 1.35 bits per heavy atom. The molecular weight excluding hydrogens is 254 g/mol. The summed E-state index contributed by atoms with van der Waals surface area (Å²) in [5, 5.41) is 2.66. The molecule has 0 aromatic carbocycles. The molecule has 1 aliphatic heterocycles. The average molecular weight is 275 g/mol. The molecule has 5 heteroatoms. The van der Waals surface area contributed by atoms with Gasteiger partial charge in [0.1, 0.15) is 0 Å². The van der Waals surface area contributed by atoms with Gasteiger partial charge in [-0.1, -0.05) is 19.9 Å². The molecule has 0 spiro atoms. The third-order valence-corrected chi connectivity index (χ3v) is 3.53. The van der Waals surface area contributed by atoms with Crippen LogP contribution in [-0.4, -0.2) is 34.8 Å². The zero-order valence-corrected chi connectivity index (χ0v) is 12.0. The van der Waals surface area contributed by atoms with Crippen LogP contribution < -0.4 is 5.32 Å². The number of aromatic nitrogens is 1. The zero-order valence-electron chi connectivity index (χ0n) is 12.0. The van der Waals surface area contributed by atoms with Crippen LogP contribution in [0.15, 0.2) is 24.5 Å². The van der Waals surface area contributed by atoms with Crippen molar-refractivity contribution in [3.05, 3.63) is 30.1 Å². The maximum absolute atomic E-state index is 12.1. The monoisotopic (exact) mass is 275 g/mol. The molecule has 1 aromatic rings. The molecule has 2 unspecified atom stereocenters. The van der Waals surface area contributed by atoms with Gasteiger partial charge >= 0.3 is 11.8 Å². The Bertz CT molecular complexity index is 465. The third-order valence-electron chi connectivity index (χ3n) is 3.53. The Balaban J connectivity index is 1.87. The minimum Gasteiger partial charge on any atom is -0.344 e. The highest BCUT2D eigenvalue weighted by Gasteiger charge is 2.28. The molecule has 1 aliphatic rings. The molecular formula is C15H21N3O2. The number of hydrogen-bond donors (Lipinski definition) is 1. The number of amides is 2. The first-order valence-corrected chi connectivity index (χ1v) is 7.02. The summed E-state index contributed by atoms with van der Waals surface area (Å²) in [6.45, 7) is 5.90. The maximum Gasteiger partial charge on any atom is 0.311 e. The van der Waals surface area contributed by atoms with Crippen molar-refractivity contribution in [3.63, 3.8) is 0 Å². The summed E-state index contributed by atoms with van der Waals surface area (Å²) in [7, 11) is 0. The predicted molar refractivity (Wildman–Crippen MR) is 75.6 cm³/mol. The van der Waals surface area contributed by atoms with E-state index in [-0.39, 0.29) is 0 Å². The van der Waals surface area contributed by atoms with Gasteiger partial charge < -0.3 is 10.2 Å². The molecule has 20 heavy (non-hydrogen) atoms. The minimum atomic E-state index is -0.532. The summed E-state index contributed by atoms with van der Waals surface area (Å²) in [5.74, 6) is -0.0508. The van der Waals surface area contributed by atoms with Crippen LogP contribution in [0.25, 0.3) is 0 Å². The second-order valence-electron chi connectivity index (χ2n) is 5.70. The van der Waals surface area contributed by atoms with E-state index in [0.717, 1.165) is 12.0 Å². The number of rotatable bonds is 2. The molecule has 0 aliphatic carbocycles. The first kappa shape index (κ1) is 14.5. The number of likely N-dealkylation sites (tertiary alicyclic amines) is 1. The van der Waals surface area contributed by atoms with Crippen molar-refractivity contribution in [2.45, 2.75) is 26.8 Å². The van der Waals surface area contributed by atoms with Gasteiger partial charge in [0.15, 0.2) is 0 Å². The Hall–Kier alpha value is -1.91. The van der Waals surface area contributed by atoms with E-state index in [1.807, 2.05) is 6.07 Å². The minimum absolute atomic E-state index is 0.331. The Labute approximate surface area is 119 Å². The van der Waals surface area contributed by atoms with E-state index in [1.54, 1.807) is 23.4 Å². The fourth-order valence-corrected chi connectivity index (χ4v) is 2.73. The highest BCUT2D eigenvalue weighted by atomic mass is 16.2. The largest absolute Gasteiger partial charge is 0.344 e. The van der Waals surface area contributed by atoms with Gasteiger partial charge in [-0.3, -0.25) is 14.6 Å². The van der Waals surface area contributed by atoms with E-state index in [0.29, 0.717) is 31.5 Å². The van der Waals surface area contributed by atoms with Gasteiger partial charge in [-0.2, -0.15) is 0 Å². The lowest BCUT2D eigenvalue weighted by Crippen LogP contribution is -2.48. The van der Waals surface area contributed by atoms with Crippen molar-refractivity contribution in [3.8, 4) is 0 Å². The number of hydrogen-bond acceptors (Lipinski definition) is 3. The maximum atomic E-state index is 12.1. The summed E-state index contributed by atoms with van der Waals surface area (Å²) >= 11 is 0. The second kappa shape index (κ2) is 6.50. The first-order valence-electron chi connectivity index (χ1n) is 7.02. The Morgan fingerprint density at radius 3 is 2.65 bits per heavy atom. The van der Waals surface area contributed by atoms with Gasteiger partial charge in [-0.15, -0.1) is 0 Å². The van der Waals surface area contributed by atoms with Gasteiger partial charge in [0.05, 0.1) is 0 Å². The molecule has 0 bridgehead atoms. The van der Waals surface area contributed by atoms with Crippen LogP contribution in [0.3, 0.4) is 0 Å². The zero-order chi connectivity index (χ0) is 14.5. The molecule has 1 aromatic heterocycles. The van der Waals surface area contributed by atoms with Crippen LogP contribution in [0.1, 0.15) is 25.8 Å². The van der Waals surface area contributed by atoms with E-state index in [4.69, 9.17) is 0 Å². The van der Waals surface area contributed by atoms with Crippen LogP contribution in [0.2, 0.25) is 0 Å². The predicted octanol–water partition coefficient (Wildman–Crippen LogP) is 1.20. The molecule has 0 radical (unpaired) electrons. The molecule has 2 atom stereocenters. The highest BCUT2D eigenvalue weighted by Crippen LogP contribution is 2.20. The molecule has 108 valence electrons. The van der Waals surface area contributed by atoms with Crippen LogP contribution >= 0.6 is 0 Å².